The quantitative estimate of drug-likeness (QED) is 0.245. The highest BCUT2D eigenvalue weighted by molar-refractivity contribution is 6.05. The number of aryl methyl sites for hydroxylation is 1. The van der Waals surface area contributed by atoms with Gasteiger partial charge in [-0.25, -0.2) is 4.79 Å². The van der Waals surface area contributed by atoms with Crippen LogP contribution in [-0.2, 0) is 22.4 Å². The van der Waals surface area contributed by atoms with Crippen molar-refractivity contribution >= 4 is 29.0 Å². The van der Waals surface area contributed by atoms with E-state index in [-0.39, 0.29) is 29.6 Å². The van der Waals surface area contributed by atoms with Crippen molar-refractivity contribution in [2.45, 2.75) is 19.3 Å². The summed E-state index contributed by atoms with van der Waals surface area (Å²) in [5.41, 5.74) is 3.66. The molecule has 2 aromatic carbocycles. The average Bonchev–Trinajstić information content (AvgIpc) is 3.43. The van der Waals surface area contributed by atoms with E-state index < -0.39 is 17.5 Å². The van der Waals surface area contributed by atoms with Crippen LogP contribution in [-0.4, -0.2) is 35.7 Å². The number of rotatable bonds is 6. The molecule has 3 heterocycles. The van der Waals surface area contributed by atoms with Gasteiger partial charge in [-0.15, -0.1) is 0 Å². The van der Waals surface area contributed by atoms with Gasteiger partial charge >= 0.3 is 5.97 Å². The Morgan fingerprint density at radius 2 is 1.85 bits per heavy atom. The van der Waals surface area contributed by atoms with Gasteiger partial charge in [0.05, 0.1) is 17.0 Å². The molecule has 0 saturated heterocycles. The molecule has 0 saturated carbocycles. The fourth-order valence-corrected chi connectivity index (χ4v) is 4.28. The number of nitro groups is 1. The van der Waals surface area contributed by atoms with Gasteiger partial charge < -0.3 is 14.1 Å². The summed E-state index contributed by atoms with van der Waals surface area (Å²) in [5, 5.41) is 10.8. The number of nitrogens with zero attached hydrogens (tertiary/aromatic N) is 2. The number of hydrogen-bond acceptors (Lipinski definition) is 7. The van der Waals surface area contributed by atoms with Crippen LogP contribution in [0.3, 0.4) is 0 Å². The Kier molecular flexibility index (Phi) is 5.01. The summed E-state index contributed by atoms with van der Waals surface area (Å²) in [6.45, 7) is 0.247. The molecule has 9 nitrogen and oxygen atoms in total. The lowest BCUT2D eigenvalue weighted by atomic mass is 9.95. The van der Waals surface area contributed by atoms with Crippen molar-refractivity contribution in [3.05, 3.63) is 81.1 Å². The second kappa shape index (κ2) is 8.01. The van der Waals surface area contributed by atoms with Gasteiger partial charge in [-0.1, -0.05) is 0 Å². The smallest absolute Gasteiger partial charge is 0.374 e. The first-order valence-corrected chi connectivity index (χ1v) is 10.4. The second-order valence-corrected chi connectivity index (χ2v) is 7.94. The van der Waals surface area contributed by atoms with Crippen molar-refractivity contribution in [3.63, 3.8) is 0 Å². The highest BCUT2D eigenvalue weighted by Crippen LogP contribution is 2.37. The number of carbonyl (C=O) groups excluding carboxylic acids is 3. The maximum Gasteiger partial charge on any atom is 0.374 e. The molecule has 0 aliphatic carbocycles. The van der Waals surface area contributed by atoms with Crippen LogP contribution in [0.4, 0.5) is 11.4 Å². The van der Waals surface area contributed by atoms with Crippen LogP contribution in [0.5, 0.6) is 0 Å². The molecule has 0 fully saturated rings. The standard InChI is InChI=1S/C24H18N2O7/c27-19(16-10-15-2-1-9-25-22(28)12-17(11-16)23(15)25)13-32-24(29)21-8-7-20(33-21)14-3-5-18(6-4-14)26(30)31/h3-8,10-11H,1-2,9,12-13H2. The van der Waals surface area contributed by atoms with Gasteiger partial charge in [0.1, 0.15) is 5.76 Å². The van der Waals surface area contributed by atoms with Gasteiger partial charge in [0.15, 0.2) is 12.4 Å². The van der Waals surface area contributed by atoms with E-state index in [4.69, 9.17) is 9.15 Å². The number of ketones is 1. The third kappa shape index (κ3) is 3.78. The number of carbonyl (C=O) groups is 3. The summed E-state index contributed by atoms with van der Waals surface area (Å²) in [6.07, 6.45) is 1.92. The van der Waals surface area contributed by atoms with E-state index in [0.29, 0.717) is 23.4 Å². The number of non-ortho nitro benzene ring substituents is 1. The van der Waals surface area contributed by atoms with Gasteiger partial charge in [-0.2, -0.15) is 0 Å². The van der Waals surface area contributed by atoms with E-state index in [0.717, 1.165) is 29.7 Å². The zero-order valence-electron chi connectivity index (χ0n) is 17.4. The summed E-state index contributed by atoms with van der Waals surface area (Å²) < 4.78 is 10.6. The lowest BCUT2D eigenvalue weighted by molar-refractivity contribution is -0.384. The zero-order chi connectivity index (χ0) is 23.1. The summed E-state index contributed by atoms with van der Waals surface area (Å²) >= 11 is 0. The molecule has 0 bridgehead atoms. The predicted octanol–water partition coefficient (Wildman–Crippen LogP) is 3.73. The first kappa shape index (κ1) is 20.6. The molecular weight excluding hydrogens is 428 g/mol. The maximum atomic E-state index is 12.7. The lowest BCUT2D eigenvalue weighted by Gasteiger charge is -2.25. The van der Waals surface area contributed by atoms with Gasteiger partial charge in [0, 0.05) is 29.8 Å². The predicted molar refractivity (Wildman–Crippen MR) is 116 cm³/mol. The number of amides is 1. The van der Waals surface area contributed by atoms with Gasteiger partial charge in [-0.3, -0.25) is 19.7 Å². The van der Waals surface area contributed by atoms with E-state index in [1.807, 2.05) is 0 Å². The first-order chi connectivity index (χ1) is 15.9. The van der Waals surface area contributed by atoms with Crippen LogP contribution in [0.1, 0.15) is 38.5 Å². The molecular formula is C24H18N2O7. The third-order valence-corrected chi connectivity index (χ3v) is 5.83. The Bertz CT molecular complexity index is 1310. The Labute approximate surface area is 187 Å². The highest BCUT2D eigenvalue weighted by atomic mass is 16.6. The van der Waals surface area contributed by atoms with Crippen molar-refractivity contribution in [3.8, 4) is 11.3 Å². The van der Waals surface area contributed by atoms with E-state index in [1.54, 1.807) is 23.1 Å². The van der Waals surface area contributed by atoms with E-state index >= 15 is 0 Å². The number of furan rings is 1. The SMILES string of the molecule is O=C(COC(=O)c1ccc(-c2ccc([N+](=O)[O-])cc2)o1)c1cc2c3c(c1)CC(=O)N3CCC2. The minimum atomic E-state index is -0.791. The number of nitro benzene ring substituents is 1. The molecule has 0 N–H and O–H groups in total. The highest BCUT2D eigenvalue weighted by Gasteiger charge is 2.33. The summed E-state index contributed by atoms with van der Waals surface area (Å²) in [5.74, 6) is -0.846. The molecule has 2 aliphatic heterocycles. The molecule has 9 heteroatoms. The normalized spacial score (nSPS) is 14.2. The van der Waals surface area contributed by atoms with Crippen molar-refractivity contribution < 1.29 is 28.5 Å². The molecule has 166 valence electrons. The second-order valence-electron chi connectivity index (χ2n) is 7.94. The topological polar surface area (TPSA) is 120 Å². The number of Topliss-reactive ketones (excluding diaryl/α,β-unsaturated/α-hetero) is 1. The maximum absolute atomic E-state index is 12.7. The van der Waals surface area contributed by atoms with Gasteiger partial charge in [0.2, 0.25) is 11.7 Å². The minimum Gasteiger partial charge on any atom is -0.451 e. The molecule has 0 spiro atoms. The molecule has 33 heavy (non-hydrogen) atoms. The van der Waals surface area contributed by atoms with Crippen molar-refractivity contribution in [2.75, 3.05) is 18.1 Å². The molecule has 3 aromatic rings. The van der Waals surface area contributed by atoms with Crippen LogP contribution < -0.4 is 4.90 Å². The molecule has 2 aliphatic rings. The average molecular weight is 446 g/mol. The Morgan fingerprint density at radius 3 is 2.61 bits per heavy atom. The number of ether oxygens (including phenoxy) is 1. The van der Waals surface area contributed by atoms with Gasteiger partial charge in [-0.05, 0) is 60.4 Å². The molecule has 5 rings (SSSR count). The van der Waals surface area contributed by atoms with Crippen LogP contribution in [0, 0.1) is 10.1 Å². The number of hydrogen-bond donors (Lipinski definition) is 0. The number of esters is 1. The summed E-state index contributed by atoms with van der Waals surface area (Å²) in [6, 6.07) is 12.2. The van der Waals surface area contributed by atoms with Crippen molar-refractivity contribution in [1.82, 2.24) is 0 Å². The lowest BCUT2D eigenvalue weighted by Crippen LogP contribution is -2.31. The molecule has 0 unspecified atom stereocenters. The number of anilines is 1. The molecule has 1 aromatic heterocycles. The Hall–Kier alpha value is -4.27. The fraction of sp³-hybridized carbons (Fsp3) is 0.208. The van der Waals surface area contributed by atoms with Gasteiger partial charge in [0.25, 0.3) is 5.69 Å². The van der Waals surface area contributed by atoms with Crippen molar-refractivity contribution in [1.29, 1.82) is 0 Å². The monoisotopic (exact) mass is 446 g/mol. The van der Waals surface area contributed by atoms with E-state index in [2.05, 4.69) is 0 Å². The van der Waals surface area contributed by atoms with Crippen LogP contribution in [0.2, 0.25) is 0 Å². The van der Waals surface area contributed by atoms with E-state index in [9.17, 15) is 24.5 Å². The molecule has 0 radical (unpaired) electrons. The summed E-state index contributed by atoms with van der Waals surface area (Å²) in [4.78, 5) is 49.3. The minimum absolute atomic E-state index is 0.0450. The largest absolute Gasteiger partial charge is 0.451 e. The van der Waals surface area contributed by atoms with E-state index in [1.165, 1.54) is 30.3 Å². The Morgan fingerprint density at radius 1 is 1.09 bits per heavy atom. The Balaban J connectivity index is 1.26. The van der Waals surface area contributed by atoms with Crippen LogP contribution >= 0.6 is 0 Å². The molecule has 1 amide bonds. The first-order valence-electron chi connectivity index (χ1n) is 10.4. The van der Waals surface area contributed by atoms with Crippen LogP contribution in [0.15, 0.2) is 52.9 Å². The third-order valence-electron chi connectivity index (χ3n) is 5.83. The number of benzene rings is 2. The van der Waals surface area contributed by atoms with Crippen molar-refractivity contribution in [2.24, 2.45) is 0 Å². The fourth-order valence-electron chi connectivity index (χ4n) is 4.28. The van der Waals surface area contributed by atoms with Crippen LogP contribution in [0.25, 0.3) is 11.3 Å². The molecule has 0 atom stereocenters. The zero-order valence-corrected chi connectivity index (χ0v) is 17.4. The summed E-state index contributed by atoms with van der Waals surface area (Å²) in [7, 11) is 0.